The van der Waals surface area contributed by atoms with Gasteiger partial charge in [0, 0.05) is 24.1 Å². The van der Waals surface area contributed by atoms with E-state index in [1.807, 2.05) is 0 Å². The molecule has 3 nitrogen and oxygen atoms in total. The lowest BCUT2D eigenvalue weighted by Gasteiger charge is -1.98. The predicted molar refractivity (Wildman–Crippen MR) is 57.7 cm³/mol. The monoisotopic (exact) mass is 241 g/mol. The lowest BCUT2D eigenvalue weighted by Crippen LogP contribution is -1.88. The van der Waals surface area contributed by atoms with Crippen LogP contribution in [0.15, 0.2) is 28.8 Å². The summed E-state index contributed by atoms with van der Waals surface area (Å²) in [6.07, 6.45) is 0.381. The summed E-state index contributed by atoms with van der Waals surface area (Å²) < 4.78 is 18.4. The Bertz CT molecular complexity index is 498. The lowest BCUT2D eigenvalue weighted by atomic mass is 10.1. The van der Waals surface area contributed by atoms with Crippen molar-refractivity contribution in [1.29, 1.82) is 0 Å². The van der Waals surface area contributed by atoms with Gasteiger partial charge in [-0.05, 0) is 18.2 Å². The predicted octanol–water partition coefficient (Wildman–Crippen LogP) is 2.67. The Morgan fingerprint density at radius 1 is 1.38 bits per heavy atom. The van der Waals surface area contributed by atoms with E-state index in [-0.39, 0.29) is 12.2 Å². The van der Waals surface area contributed by atoms with Crippen LogP contribution in [0.2, 0.25) is 5.02 Å². The highest BCUT2D eigenvalue weighted by molar-refractivity contribution is 6.30. The van der Waals surface area contributed by atoms with Gasteiger partial charge in [-0.15, -0.1) is 0 Å². The Balaban J connectivity index is 2.38. The quantitative estimate of drug-likeness (QED) is 0.899. The van der Waals surface area contributed by atoms with Gasteiger partial charge in [0.1, 0.15) is 5.82 Å². The first-order valence-electron chi connectivity index (χ1n) is 4.72. The Hall–Kier alpha value is -1.39. The van der Waals surface area contributed by atoms with Gasteiger partial charge >= 0.3 is 0 Å². The van der Waals surface area contributed by atoms with Crippen molar-refractivity contribution in [2.45, 2.75) is 6.42 Å². The molecule has 0 aliphatic heterocycles. The topological polar surface area (TPSA) is 46.3 Å². The Morgan fingerprint density at radius 2 is 2.19 bits per heavy atom. The second-order valence-electron chi connectivity index (χ2n) is 3.28. The number of nitrogens with zero attached hydrogens (tertiary/aromatic N) is 1. The van der Waals surface area contributed by atoms with E-state index in [4.69, 9.17) is 21.2 Å². The molecule has 0 fully saturated rings. The molecule has 0 bridgehead atoms. The molecule has 5 heteroatoms. The van der Waals surface area contributed by atoms with Crippen LogP contribution in [0.3, 0.4) is 0 Å². The standard InChI is InChI=1S/C11H9ClFNO2/c12-7-1-2-10(13)9(5-7)11-6-8(3-4-15)14-16-11/h1-2,5-6,15H,3-4H2. The van der Waals surface area contributed by atoms with Gasteiger partial charge in [-0.25, -0.2) is 4.39 Å². The van der Waals surface area contributed by atoms with E-state index in [0.717, 1.165) is 0 Å². The fourth-order valence-electron chi connectivity index (χ4n) is 1.36. The number of hydrogen-bond donors (Lipinski definition) is 1. The molecule has 1 heterocycles. The highest BCUT2D eigenvalue weighted by atomic mass is 35.5. The molecular weight excluding hydrogens is 233 g/mol. The summed E-state index contributed by atoms with van der Waals surface area (Å²) >= 11 is 5.77. The summed E-state index contributed by atoms with van der Waals surface area (Å²) in [5, 5.41) is 12.9. The molecular formula is C11H9ClFNO2. The first-order valence-corrected chi connectivity index (χ1v) is 5.10. The van der Waals surface area contributed by atoms with E-state index in [0.29, 0.717) is 22.9 Å². The lowest BCUT2D eigenvalue weighted by molar-refractivity contribution is 0.294. The smallest absolute Gasteiger partial charge is 0.170 e. The SMILES string of the molecule is OCCc1cc(-c2cc(Cl)ccc2F)on1. The van der Waals surface area contributed by atoms with Crippen molar-refractivity contribution in [2.24, 2.45) is 0 Å². The fraction of sp³-hybridized carbons (Fsp3) is 0.182. The van der Waals surface area contributed by atoms with Gasteiger partial charge in [-0.3, -0.25) is 0 Å². The number of aromatic nitrogens is 1. The van der Waals surface area contributed by atoms with Crippen LogP contribution in [0.5, 0.6) is 0 Å². The van der Waals surface area contributed by atoms with E-state index in [1.54, 1.807) is 6.07 Å². The maximum Gasteiger partial charge on any atom is 0.170 e. The van der Waals surface area contributed by atoms with E-state index >= 15 is 0 Å². The third kappa shape index (κ3) is 2.23. The van der Waals surface area contributed by atoms with Gasteiger partial charge in [-0.2, -0.15) is 0 Å². The molecule has 0 spiro atoms. The van der Waals surface area contributed by atoms with Crippen LogP contribution < -0.4 is 0 Å². The fourth-order valence-corrected chi connectivity index (χ4v) is 1.53. The Kier molecular flexibility index (Phi) is 3.22. The number of halogens is 2. The minimum atomic E-state index is -0.420. The third-order valence-electron chi connectivity index (χ3n) is 2.12. The van der Waals surface area contributed by atoms with Crippen molar-refractivity contribution in [3.63, 3.8) is 0 Å². The zero-order valence-corrected chi connectivity index (χ0v) is 9.04. The molecule has 1 aromatic heterocycles. The first kappa shape index (κ1) is 11.1. The van der Waals surface area contributed by atoms with Gasteiger partial charge in [0.2, 0.25) is 0 Å². The molecule has 0 saturated heterocycles. The van der Waals surface area contributed by atoms with E-state index in [2.05, 4.69) is 5.16 Å². The van der Waals surface area contributed by atoms with Crippen LogP contribution in [0.4, 0.5) is 4.39 Å². The minimum Gasteiger partial charge on any atom is -0.396 e. The zero-order valence-electron chi connectivity index (χ0n) is 8.28. The maximum atomic E-state index is 13.5. The molecule has 0 radical (unpaired) electrons. The molecule has 1 aromatic carbocycles. The minimum absolute atomic E-state index is 0.0238. The van der Waals surface area contributed by atoms with Gasteiger partial charge in [0.25, 0.3) is 0 Å². The van der Waals surface area contributed by atoms with Gasteiger partial charge in [0.15, 0.2) is 5.76 Å². The average Bonchev–Trinajstić information content (AvgIpc) is 2.71. The number of aliphatic hydroxyl groups is 1. The normalized spacial score (nSPS) is 10.7. The van der Waals surface area contributed by atoms with Gasteiger partial charge in [-0.1, -0.05) is 16.8 Å². The summed E-state index contributed by atoms with van der Waals surface area (Å²) in [7, 11) is 0. The summed E-state index contributed by atoms with van der Waals surface area (Å²) in [5.74, 6) is -0.112. The first-order chi connectivity index (χ1) is 7.70. The van der Waals surface area contributed by atoms with Crippen LogP contribution in [0.1, 0.15) is 5.69 Å². The Labute approximate surface area is 96.4 Å². The molecule has 2 rings (SSSR count). The number of benzene rings is 1. The maximum absolute atomic E-state index is 13.5. The van der Waals surface area contributed by atoms with Crippen molar-refractivity contribution >= 4 is 11.6 Å². The molecule has 84 valence electrons. The summed E-state index contributed by atoms with van der Waals surface area (Å²) in [5.41, 5.74) is 0.848. The molecule has 0 saturated carbocycles. The molecule has 16 heavy (non-hydrogen) atoms. The van der Waals surface area contributed by atoms with E-state index < -0.39 is 5.82 Å². The van der Waals surface area contributed by atoms with Gasteiger partial charge < -0.3 is 9.63 Å². The number of rotatable bonds is 3. The number of aliphatic hydroxyl groups excluding tert-OH is 1. The van der Waals surface area contributed by atoms with E-state index in [1.165, 1.54) is 18.2 Å². The summed E-state index contributed by atoms with van der Waals surface area (Å²) in [6.45, 7) is -0.0238. The Morgan fingerprint density at radius 3 is 2.94 bits per heavy atom. The summed E-state index contributed by atoms with van der Waals surface area (Å²) in [6, 6.07) is 5.79. The zero-order chi connectivity index (χ0) is 11.5. The van der Waals surface area contributed by atoms with Crippen molar-refractivity contribution in [3.05, 3.63) is 40.8 Å². The molecule has 0 atom stereocenters. The van der Waals surface area contributed by atoms with Crippen molar-refractivity contribution in [2.75, 3.05) is 6.61 Å². The van der Waals surface area contributed by atoms with E-state index in [9.17, 15) is 4.39 Å². The second-order valence-corrected chi connectivity index (χ2v) is 3.72. The largest absolute Gasteiger partial charge is 0.396 e. The van der Waals surface area contributed by atoms with Gasteiger partial charge in [0.05, 0.1) is 11.3 Å². The van der Waals surface area contributed by atoms with Crippen molar-refractivity contribution in [1.82, 2.24) is 5.16 Å². The molecule has 0 unspecified atom stereocenters. The van der Waals surface area contributed by atoms with Crippen LogP contribution >= 0.6 is 11.6 Å². The molecule has 1 N–H and O–H groups in total. The molecule has 0 aliphatic carbocycles. The van der Waals surface area contributed by atoms with Crippen LogP contribution in [0, 0.1) is 5.82 Å². The highest BCUT2D eigenvalue weighted by Crippen LogP contribution is 2.26. The summed E-state index contributed by atoms with van der Waals surface area (Å²) in [4.78, 5) is 0. The van der Waals surface area contributed by atoms with Crippen molar-refractivity contribution < 1.29 is 14.0 Å². The molecule has 0 amide bonds. The third-order valence-corrected chi connectivity index (χ3v) is 2.36. The second kappa shape index (κ2) is 4.63. The number of hydrogen-bond acceptors (Lipinski definition) is 3. The van der Waals surface area contributed by atoms with Crippen molar-refractivity contribution in [3.8, 4) is 11.3 Å². The van der Waals surface area contributed by atoms with Crippen LogP contribution in [-0.4, -0.2) is 16.9 Å². The molecule has 2 aromatic rings. The van der Waals surface area contributed by atoms with Crippen LogP contribution in [-0.2, 0) is 6.42 Å². The molecule has 0 aliphatic rings. The average molecular weight is 242 g/mol. The highest BCUT2D eigenvalue weighted by Gasteiger charge is 2.11. The van der Waals surface area contributed by atoms with Crippen LogP contribution in [0.25, 0.3) is 11.3 Å².